The molecular weight excluding hydrogens is 314 g/mol. The van der Waals surface area contributed by atoms with Crippen LogP contribution in [0, 0.1) is 5.92 Å². The Morgan fingerprint density at radius 2 is 1.88 bits per heavy atom. The number of hydrogen-bond donors (Lipinski definition) is 1. The first-order chi connectivity index (χ1) is 12.0. The molecule has 1 saturated heterocycles. The Kier molecular flexibility index (Phi) is 5.22. The monoisotopic (exact) mass is 339 g/mol. The van der Waals surface area contributed by atoms with E-state index in [1.54, 1.807) is 4.90 Å². The van der Waals surface area contributed by atoms with Crippen LogP contribution >= 0.6 is 0 Å². The van der Waals surface area contributed by atoms with Crippen LogP contribution in [0.4, 0.5) is 5.69 Å². The minimum atomic E-state index is -0.276. The second-order valence-electron chi connectivity index (χ2n) is 6.86. The highest BCUT2D eigenvalue weighted by Gasteiger charge is 2.34. The number of nitrogens with zero attached hydrogens (tertiary/aromatic N) is 2. The first kappa shape index (κ1) is 17.3. The van der Waals surface area contributed by atoms with Crippen molar-refractivity contribution in [3.05, 3.63) is 54.4 Å². The average Bonchev–Trinajstić information content (AvgIpc) is 3.24. The van der Waals surface area contributed by atoms with Crippen LogP contribution in [-0.2, 0) is 16.1 Å². The van der Waals surface area contributed by atoms with Gasteiger partial charge in [-0.25, -0.2) is 0 Å². The van der Waals surface area contributed by atoms with Crippen molar-refractivity contribution >= 4 is 17.5 Å². The molecule has 5 nitrogen and oxygen atoms in total. The van der Waals surface area contributed by atoms with Gasteiger partial charge >= 0.3 is 0 Å². The van der Waals surface area contributed by atoms with Gasteiger partial charge in [-0.15, -0.1) is 0 Å². The fourth-order valence-corrected chi connectivity index (χ4v) is 3.14. The molecule has 0 radical (unpaired) electrons. The number of rotatable bonds is 6. The van der Waals surface area contributed by atoms with Gasteiger partial charge in [-0.2, -0.15) is 0 Å². The van der Waals surface area contributed by atoms with Crippen LogP contribution in [0.25, 0.3) is 0 Å². The van der Waals surface area contributed by atoms with Crippen molar-refractivity contribution in [2.75, 3.05) is 18.0 Å². The highest BCUT2D eigenvalue weighted by Crippen LogP contribution is 2.26. The molecule has 1 aliphatic heterocycles. The van der Waals surface area contributed by atoms with Gasteiger partial charge in [-0.05, 0) is 35.7 Å². The summed E-state index contributed by atoms with van der Waals surface area (Å²) in [4.78, 5) is 26.4. The normalized spacial score (nSPS) is 17.3. The fourth-order valence-electron chi connectivity index (χ4n) is 3.14. The van der Waals surface area contributed by atoms with Crippen molar-refractivity contribution in [2.24, 2.45) is 5.92 Å². The molecule has 0 bridgehead atoms. The maximum absolute atomic E-state index is 12.3. The lowest BCUT2D eigenvalue weighted by atomic mass is 10.0. The van der Waals surface area contributed by atoms with E-state index in [0.717, 1.165) is 12.2 Å². The summed E-state index contributed by atoms with van der Waals surface area (Å²) >= 11 is 0. The first-order valence-electron chi connectivity index (χ1n) is 8.83. The zero-order valence-corrected chi connectivity index (χ0v) is 14.8. The summed E-state index contributed by atoms with van der Waals surface area (Å²) in [6.45, 7) is 6.05. The van der Waals surface area contributed by atoms with E-state index < -0.39 is 0 Å². The first-order valence-corrected chi connectivity index (χ1v) is 8.83. The number of amides is 2. The van der Waals surface area contributed by atoms with E-state index in [9.17, 15) is 9.59 Å². The summed E-state index contributed by atoms with van der Waals surface area (Å²) in [5.74, 6) is 0.161. The molecule has 2 aromatic rings. The number of carbonyl (C=O) groups is 2. The summed E-state index contributed by atoms with van der Waals surface area (Å²) in [6, 6.07) is 12.0. The molecule has 1 fully saturated rings. The van der Waals surface area contributed by atoms with Crippen LogP contribution in [0.3, 0.4) is 0 Å². The van der Waals surface area contributed by atoms with Crippen LogP contribution in [0.1, 0.15) is 31.7 Å². The third kappa shape index (κ3) is 4.10. The molecule has 25 heavy (non-hydrogen) atoms. The summed E-state index contributed by atoms with van der Waals surface area (Å²) < 4.78 is 2.02. The third-order valence-electron chi connectivity index (χ3n) is 4.70. The van der Waals surface area contributed by atoms with Crippen molar-refractivity contribution in [3.8, 4) is 0 Å². The largest absolute Gasteiger partial charge is 0.354 e. The summed E-state index contributed by atoms with van der Waals surface area (Å²) in [7, 11) is 0. The predicted molar refractivity (Wildman–Crippen MR) is 98.4 cm³/mol. The van der Waals surface area contributed by atoms with Crippen molar-refractivity contribution in [3.63, 3.8) is 0 Å². The molecular formula is C20H25N3O2. The van der Waals surface area contributed by atoms with E-state index in [0.29, 0.717) is 19.0 Å². The Morgan fingerprint density at radius 3 is 2.52 bits per heavy atom. The molecule has 1 atom stereocenters. The molecule has 2 heterocycles. The lowest BCUT2D eigenvalue weighted by Crippen LogP contribution is -2.34. The maximum Gasteiger partial charge on any atom is 0.227 e. The van der Waals surface area contributed by atoms with Crippen molar-refractivity contribution in [1.82, 2.24) is 9.88 Å². The second-order valence-corrected chi connectivity index (χ2v) is 6.86. The van der Waals surface area contributed by atoms with Gasteiger partial charge < -0.3 is 14.8 Å². The van der Waals surface area contributed by atoms with Crippen LogP contribution in [0.5, 0.6) is 0 Å². The van der Waals surface area contributed by atoms with Gasteiger partial charge in [0.25, 0.3) is 0 Å². The molecule has 1 unspecified atom stereocenters. The van der Waals surface area contributed by atoms with E-state index in [1.807, 2.05) is 41.2 Å². The zero-order chi connectivity index (χ0) is 17.8. The number of benzene rings is 1. The molecule has 1 aromatic carbocycles. The molecule has 1 aliphatic rings. The smallest absolute Gasteiger partial charge is 0.227 e. The highest BCUT2D eigenvalue weighted by atomic mass is 16.2. The van der Waals surface area contributed by atoms with E-state index in [1.165, 1.54) is 5.56 Å². The maximum atomic E-state index is 12.3. The van der Waals surface area contributed by atoms with Crippen LogP contribution in [0.15, 0.2) is 48.8 Å². The molecule has 1 N–H and O–H groups in total. The van der Waals surface area contributed by atoms with E-state index in [2.05, 4.69) is 31.3 Å². The van der Waals surface area contributed by atoms with Gasteiger partial charge in [0.2, 0.25) is 11.8 Å². The third-order valence-corrected chi connectivity index (χ3v) is 4.70. The molecule has 0 saturated carbocycles. The number of hydrogen-bond acceptors (Lipinski definition) is 2. The standard InChI is InChI=1S/C20H25N3O2/c1-15(2)16-5-7-18(8-6-16)23-14-17(13-19(23)24)20(25)21-9-12-22-10-3-4-11-22/h3-8,10-11,15,17H,9,12-14H2,1-2H3,(H,21,25). The fraction of sp³-hybridized carbons (Fsp3) is 0.400. The van der Waals surface area contributed by atoms with Crippen molar-refractivity contribution in [1.29, 1.82) is 0 Å². The van der Waals surface area contributed by atoms with E-state index in [-0.39, 0.29) is 24.2 Å². The zero-order valence-electron chi connectivity index (χ0n) is 14.8. The number of anilines is 1. The van der Waals surface area contributed by atoms with Gasteiger partial charge in [0.05, 0.1) is 5.92 Å². The van der Waals surface area contributed by atoms with Gasteiger partial charge in [0.1, 0.15) is 0 Å². The minimum Gasteiger partial charge on any atom is -0.354 e. The average molecular weight is 339 g/mol. The lowest BCUT2D eigenvalue weighted by molar-refractivity contribution is -0.126. The molecule has 3 rings (SSSR count). The molecule has 5 heteroatoms. The van der Waals surface area contributed by atoms with Gasteiger partial charge in [-0.1, -0.05) is 26.0 Å². The molecule has 2 amide bonds. The van der Waals surface area contributed by atoms with Crippen LogP contribution in [-0.4, -0.2) is 29.5 Å². The quantitative estimate of drug-likeness (QED) is 0.880. The summed E-state index contributed by atoms with van der Waals surface area (Å²) in [5, 5.41) is 2.94. The topological polar surface area (TPSA) is 54.3 Å². The molecule has 0 aliphatic carbocycles. The summed E-state index contributed by atoms with van der Waals surface area (Å²) in [5.41, 5.74) is 2.12. The Hall–Kier alpha value is -2.56. The van der Waals surface area contributed by atoms with Crippen molar-refractivity contribution in [2.45, 2.75) is 32.7 Å². The molecule has 0 spiro atoms. The highest BCUT2D eigenvalue weighted by molar-refractivity contribution is 6.00. The Morgan fingerprint density at radius 1 is 1.20 bits per heavy atom. The number of nitrogens with one attached hydrogen (secondary N) is 1. The van der Waals surface area contributed by atoms with Gasteiger partial charge in [0.15, 0.2) is 0 Å². The second kappa shape index (κ2) is 7.55. The Balaban J connectivity index is 1.55. The van der Waals surface area contributed by atoms with Crippen molar-refractivity contribution < 1.29 is 9.59 Å². The summed E-state index contributed by atoms with van der Waals surface area (Å²) in [6.07, 6.45) is 4.21. The SMILES string of the molecule is CC(C)c1ccc(N2CC(C(=O)NCCn3cccc3)CC2=O)cc1. The molecule has 1 aromatic heterocycles. The van der Waals surface area contributed by atoms with E-state index >= 15 is 0 Å². The van der Waals surface area contributed by atoms with Gasteiger partial charge in [0, 0.05) is 44.1 Å². The molecule has 132 valence electrons. The number of carbonyl (C=O) groups excluding carboxylic acids is 2. The van der Waals surface area contributed by atoms with Gasteiger partial charge in [-0.3, -0.25) is 9.59 Å². The Bertz CT molecular complexity index is 720. The van der Waals surface area contributed by atoms with Crippen LogP contribution in [0.2, 0.25) is 0 Å². The van der Waals surface area contributed by atoms with E-state index in [4.69, 9.17) is 0 Å². The predicted octanol–water partition coefficient (Wildman–Crippen LogP) is 2.78. The Labute approximate surface area is 148 Å². The van der Waals surface area contributed by atoms with Crippen LogP contribution < -0.4 is 10.2 Å². The number of aromatic nitrogens is 1. The minimum absolute atomic E-state index is 0.0165. The lowest BCUT2D eigenvalue weighted by Gasteiger charge is -2.18.